The number of hydrogen-bond donors (Lipinski definition) is 3. The zero-order valence-electron chi connectivity index (χ0n) is 11.7. The lowest BCUT2D eigenvalue weighted by molar-refractivity contribution is -0.122. The molecule has 106 valence electrons. The van der Waals surface area contributed by atoms with Crippen LogP contribution in [0.4, 0.5) is 11.5 Å². The molecule has 1 rings (SSSR count). The van der Waals surface area contributed by atoms with Gasteiger partial charge in [0.05, 0.1) is 6.61 Å². The number of carbonyl (C=O) groups excluding carboxylic acids is 1. The first-order chi connectivity index (χ1) is 8.95. The summed E-state index contributed by atoms with van der Waals surface area (Å²) >= 11 is 0. The molecule has 1 atom stereocenters. The molecule has 1 heterocycles. The minimum atomic E-state index is -0.450. The molecule has 19 heavy (non-hydrogen) atoms. The summed E-state index contributed by atoms with van der Waals surface area (Å²) < 4.78 is 5.27. The van der Waals surface area contributed by atoms with Gasteiger partial charge < -0.3 is 21.1 Å². The lowest BCUT2D eigenvalue weighted by atomic mass is 10.2. The number of aromatic nitrogens is 2. The molecule has 0 aliphatic heterocycles. The number of hydrogen-bond acceptors (Lipinski definition) is 6. The van der Waals surface area contributed by atoms with Crippen LogP contribution in [0.15, 0.2) is 6.33 Å². The Morgan fingerprint density at radius 3 is 2.68 bits per heavy atom. The van der Waals surface area contributed by atoms with Gasteiger partial charge in [0, 0.05) is 6.04 Å². The van der Waals surface area contributed by atoms with Gasteiger partial charge in [0.1, 0.15) is 18.1 Å². The maximum Gasteiger partial charge on any atom is 0.242 e. The Hall–Kier alpha value is -2.05. The highest BCUT2D eigenvalue weighted by Gasteiger charge is 2.17. The second kappa shape index (κ2) is 6.77. The fourth-order valence-electron chi connectivity index (χ4n) is 1.43. The van der Waals surface area contributed by atoms with E-state index in [9.17, 15) is 4.79 Å². The summed E-state index contributed by atoms with van der Waals surface area (Å²) in [6, 6.07) is -0.368. The number of carbonyl (C=O) groups is 1. The number of nitrogens with zero attached hydrogens (tertiary/aromatic N) is 2. The number of nitrogens with one attached hydrogen (secondary N) is 2. The van der Waals surface area contributed by atoms with E-state index >= 15 is 0 Å². The first-order valence-electron chi connectivity index (χ1n) is 6.25. The Morgan fingerprint density at radius 2 is 2.11 bits per heavy atom. The first kappa shape index (κ1) is 15.0. The van der Waals surface area contributed by atoms with E-state index in [-0.39, 0.29) is 11.9 Å². The van der Waals surface area contributed by atoms with Crippen molar-refractivity contribution in [1.82, 2.24) is 15.3 Å². The van der Waals surface area contributed by atoms with Crippen molar-refractivity contribution in [1.29, 1.82) is 0 Å². The van der Waals surface area contributed by atoms with Gasteiger partial charge >= 0.3 is 0 Å². The molecule has 7 heteroatoms. The van der Waals surface area contributed by atoms with Crippen LogP contribution in [-0.4, -0.2) is 34.6 Å². The Morgan fingerprint density at radius 1 is 1.42 bits per heavy atom. The van der Waals surface area contributed by atoms with E-state index in [4.69, 9.17) is 10.5 Å². The van der Waals surface area contributed by atoms with Crippen LogP contribution in [0.25, 0.3) is 0 Å². The van der Waals surface area contributed by atoms with Crippen molar-refractivity contribution in [2.24, 2.45) is 0 Å². The molecule has 0 aromatic carbocycles. The lowest BCUT2D eigenvalue weighted by Crippen LogP contribution is -2.41. The van der Waals surface area contributed by atoms with Gasteiger partial charge in [-0.3, -0.25) is 4.79 Å². The van der Waals surface area contributed by atoms with Crippen LogP contribution in [0.5, 0.6) is 5.88 Å². The van der Waals surface area contributed by atoms with Crippen LogP contribution in [0.3, 0.4) is 0 Å². The SMILES string of the molecule is CCOc1ncnc(NC(C)C(=O)NC(C)C)c1N. The van der Waals surface area contributed by atoms with E-state index in [1.807, 2.05) is 20.8 Å². The van der Waals surface area contributed by atoms with E-state index in [0.29, 0.717) is 24.0 Å². The predicted molar refractivity (Wildman–Crippen MR) is 74.0 cm³/mol. The molecule has 0 aliphatic carbocycles. The minimum absolute atomic E-state index is 0.0819. The summed E-state index contributed by atoms with van der Waals surface area (Å²) in [5.41, 5.74) is 6.17. The van der Waals surface area contributed by atoms with E-state index < -0.39 is 6.04 Å². The number of anilines is 2. The Kier molecular flexibility index (Phi) is 5.35. The average molecular weight is 267 g/mol. The second-order valence-corrected chi connectivity index (χ2v) is 4.40. The maximum atomic E-state index is 11.8. The van der Waals surface area contributed by atoms with Gasteiger partial charge in [-0.15, -0.1) is 0 Å². The fourth-order valence-corrected chi connectivity index (χ4v) is 1.43. The fraction of sp³-hybridized carbons (Fsp3) is 0.583. The zero-order chi connectivity index (χ0) is 14.4. The highest BCUT2D eigenvalue weighted by Crippen LogP contribution is 2.24. The zero-order valence-corrected chi connectivity index (χ0v) is 11.7. The van der Waals surface area contributed by atoms with Crippen LogP contribution >= 0.6 is 0 Å². The molecule has 1 aromatic rings. The number of nitrogens with two attached hydrogens (primary N) is 1. The third-order valence-corrected chi connectivity index (χ3v) is 2.31. The molecule has 0 aliphatic rings. The van der Waals surface area contributed by atoms with Crippen molar-refractivity contribution in [3.8, 4) is 5.88 Å². The topological polar surface area (TPSA) is 102 Å². The number of nitrogen functional groups attached to an aromatic ring is 1. The maximum absolute atomic E-state index is 11.8. The minimum Gasteiger partial charge on any atom is -0.476 e. The smallest absolute Gasteiger partial charge is 0.242 e. The largest absolute Gasteiger partial charge is 0.476 e. The number of rotatable bonds is 6. The summed E-state index contributed by atoms with van der Waals surface area (Å²) in [6.07, 6.45) is 1.34. The van der Waals surface area contributed by atoms with Crippen molar-refractivity contribution in [3.05, 3.63) is 6.33 Å². The van der Waals surface area contributed by atoms with Gasteiger partial charge in [-0.25, -0.2) is 4.98 Å². The van der Waals surface area contributed by atoms with Crippen molar-refractivity contribution >= 4 is 17.4 Å². The van der Waals surface area contributed by atoms with Crippen molar-refractivity contribution in [2.75, 3.05) is 17.7 Å². The Balaban J connectivity index is 2.76. The number of amides is 1. The van der Waals surface area contributed by atoms with Gasteiger partial charge in [0.25, 0.3) is 0 Å². The van der Waals surface area contributed by atoms with Gasteiger partial charge in [0.2, 0.25) is 11.8 Å². The summed E-state index contributed by atoms with van der Waals surface area (Å²) in [6.45, 7) is 7.84. The van der Waals surface area contributed by atoms with Gasteiger partial charge in [-0.1, -0.05) is 0 Å². The van der Waals surface area contributed by atoms with E-state index in [2.05, 4.69) is 20.6 Å². The summed E-state index contributed by atoms with van der Waals surface area (Å²) in [4.78, 5) is 19.7. The summed E-state index contributed by atoms with van der Waals surface area (Å²) in [5.74, 6) is 0.590. The molecular weight excluding hydrogens is 246 g/mol. The standard InChI is InChI=1S/C12H21N5O2/c1-5-19-12-9(13)10(14-6-15-12)17-8(4)11(18)16-7(2)3/h6-8H,5,13H2,1-4H3,(H,16,18)(H,14,15,17). The molecule has 4 N–H and O–H groups in total. The lowest BCUT2D eigenvalue weighted by Gasteiger charge is -2.17. The normalized spacial score (nSPS) is 12.1. The molecule has 0 spiro atoms. The quantitative estimate of drug-likeness (QED) is 0.704. The van der Waals surface area contributed by atoms with Gasteiger partial charge in [-0.2, -0.15) is 4.98 Å². The molecule has 0 fully saturated rings. The first-order valence-corrected chi connectivity index (χ1v) is 6.25. The van der Waals surface area contributed by atoms with E-state index in [0.717, 1.165) is 0 Å². The molecule has 0 saturated heterocycles. The van der Waals surface area contributed by atoms with Crippen molar-refractivity contribution < 1.29 is 9.53 Å². The molecule has 1 amide bonds. The van der Waals surface area contributed by atoms with Crippen LogP contribution in [0, 0.1) is 0 Å². The van der Waals surface area contributed by atoms with Crippen LogP contribution < -0.4 is 21.1 Å². The van der Waals surface area contributed by atoms with Gasteiger partial charge in [0.15, 0.2) is 5.82 Å². The molecule has 7 nitrogen and oxygen atoms in total. The Bertz CT molecular complexity index is 436. The Labute approximate surface area is 113 Å². The van der Waals surface area contributed by atoms with E-state index in [1.165, 1.54) is 6.33 Å². The van der Waals surface area contributed by atoms with Crippen LogP contribution in [-0.2, 0) is 4.79 Å². The molecule has 1 aromatic heterocycles. The van der Waals surface area contributed by atoms with Crippen molar-refractivity contribution in [2.45, 2.75) is 39.8 Å². The molecule has 0 bridgehead atoms. The predicted octanol–water partition coefficient (Wildman–Crippen LogP) is 0.782. The summed E-state index contributed by atoms with van der Waals surface area (Å²) in [7, 11) is 0. The monoisotopic (exact) mass is 267 g/mol. The van der Waals surface area contributed by atoms with Crippen LogP contribution in [0.1, 0.15) is 27.7 Å². The molecule has 0 radical (unpaired) electrons. The molecular formula is C12H21N5O2. The molecule has 0 saturated carbocycles. The van der Waals surface area contributed by atoms with Crippen molar-refractivity contribution in [3.63, 3.8) is 0 Å². The van der Waals surface area contributed by atoms with Gasteiger partial charge in [-0.05, 0) is 27.7 Å². The third-order valence-electron chi connectivity index (χ3n) is 2.31. The average Bonchev–Trinajstić information content (AvgIpc) is 2.33. The second-order valence-electron chi connectivity index (χ2n) is 4.40. The van der Waals surface area contributed by atoms with E-state index in [1.54, 1.807) is 6.92 Å². The summed E-state index contributed by atoms with van der Waals surface area (Å²) in [5, 5.41) is 5.75. The highest BCUT2D eigenvalue weighted by atomic mass is 16.5. The van der Waals surface area contributed by atoms with Crippen LogP contribution in [0.2, 0.25) is 0 Å². The molecule has 1 unspecified atom stereocenters. The highest BCUT2D eigenvalue weighted by molar-refractivity contribution is 5.85. The number of ether oxygens (including phenoxy) is 1. The third kappa shape index (κ3) is 4.27.